The lowest BCUT2D eigenvalue weighted by Crippen LogP contribution is -2.42. The maximum atomic E-state index is 11.6. The quantitative estimate of drug-likeness (QED) is 0.612. The van der Waals surface area contributed by atoms with Crippen molar-refractivity contribution in [1.82, 2.24) is 5.32 Å². The van der Waals surface area contributed by atoms with E-state index in [1.807, 2.05) is 0 Å². The summed E-state index contributed by atoms with van der Waals surface area (Å²) in [5.74, 6) is 3.01. The van der Waals surface area contributed by atoms with E-state index in [0.717, 1.165) is 0 Å². The third-order valence-electron chi connectivity index (χ3n) is 2.27. The number of hydrogen-bond acceptors (Lipinski definition) is 3. The molecule has 0 unspecified atom stereocenters. The Balaban J connectivity index is 2.35. The average molecular weight is 246 g/mol. The first-order chi connectivity index (χ1) is 8.43. The van der Waals surface area contributed by atoms with Gasteiger partial charge in [0.25, 0.3) is 0 Å². The molecule has 0 fully saturated rings. The van der Waals surface area contributed by atoms with Gasteiger partial charge >= 0.3 is 0 Å². The minimum absolute atomic E-state index is 0.137. The van der Waals surface area contributed by atoms with E-state index < -0.39 is 5.54 Å². The number of terminal acetylenes is 1. The van der Waals surface area contributed by atoms with Crippen molar-refractivity contribution in [2.75, 3.05) is 12.3 Å². The summed E-state index contributed by atoms with van der Waals surface area (Å²) in [6.07, 6.45) is 5.53. The van der Waals surface area contributed by atoms with Gasteiger partial charge in [0, 0.05) is 11.8 Å². The fraction of sp³-hybridized carbons (Fsp3) is 0.357. The highest BCUT2D eigenvalue weighted by Gasteiger charge is 2.16. The molecule has 0 aliphatic carbocycles. The van der Waals surface area contributed by atoms with Gasteiger partial charge in [-0.15, -0.1) is 6.42 Å². The zero-order valence-corrected chi connectivity index (χ0v) is 10.7. The number of ether oxygens (including phenoxy) is 1. The highest BCUT2D eigenvalue weighted by molar-refractivity contribution is 5.77. The van der Waals surface area contributed by atoms with Gasteiger partial charge in [-0.2, -0.15) is 0 Å². The van der Waals surface area contributed by atoms with Crippen LogP contribution in [-0.4, -0.2) is 18.1 Å². The third kappa shape index (κ3) is 4.79. The fourth-order valence-electron chi connectivity index (χ4n) is 1.31. The second-order valence-electron chi connectivity index (χ2n) is 4.49. The molecule has 0 heterocycles. The van der Waals surface area contributed by atoms with E-state index in [2.05, 4.69) is 11.2 Å². The molecule has 1 rings (SSSR count). The van der Waals surface area contributed by atoms with Crippen LogP contribution in [0.2, 0.25) is 0 Å². The number of amides is 1. The molecular weight excluding hydrogens is 228 g/mol. The Bertz CT molecular complexity index is 461. The Morgan fingerprint density at radius 3 is 2.89 bits per heavy atom. The molecule has 1 amide bonds. The molecular formula is C14H18N2O2. The molecule has 0 aliphatic heterocycles. The molecule has 0 aliphatic rings. The molecule has 4 heteroatoms. The molecule has 1 aromatic carbocycles. The summed E-state index contributed by atoms with van der Waals surface area (Å²) in [4.78, 5) is 11.6. The lowest BCUT2D eigenvalue weighted by Gasteiger charge is -2.19. The van der Waals surface area contributed by atoms with Crippen LogP contribution in [0.3, 0.4) is 0 Å². The lowest BCUT2D eigenvalue weighted by atomic mass is 10.1. The van der Waals surface area contributed by atoms with Gasteiger partial charge in [-0.25, -0.2) is 0 Å². The molecule has 4 nitrogen and oxygen atoms in total. The van der Waals surface area contributed by atoms with Crippen molar-refractivity contribution < 1.29 is 9.53 Å². The van der Waals surface area contributed by atoms with Gasteiger partial charge in [-0.3, -0.25) is 4.79 Å². The van der Waals surface area contributed by atoms with Gasteiger partial charge in [0.05, 0.1) is 18.6 Å². The zero-order valence-electron chi connectivity index (χ0n) is 10.7. The Morgan fingerprint density at radius 2 is 2.28 bits per heavy atom. The largest absolute Gasteiger partial charge is 0.493 e. The first-order valence-electron chi connectivity index (χ1n) is 5.70. The van der Waals surface area contributed by atoms with E-state index >= 15 is 0 Å². The molecule has 0 spiro atoms. The highest BCUT2D eigenvalue weighted by Crippen LogP contribution is 2.14. The monoisotopic (exact) mass is 246 g/mol. The molecule has 0 atom stereocenters. The summed E-state index contributed by atoms with van der Waals surface area (Å²) in [7, 11) is 0. The minimum Gasteiger partial charge on any atom is -0.493 e. The Morgan fingerprint density at radius 1 is 1.56 bits per heavy atom. The predicted octanol–water partition coefficient (Wildman–Crippen LogP) is 1.57. The number of hydrogen-bond donors (Lipinski definition) is 2. The van der Waals surface area contributed by atoms with Crippen molar-refractivity contribution in [3.63, 3.8) is 0 Å². The number of nitrogens with two attached hydrogens (primary N) is 1. The van der Waals surface area contributed by atoms with Crippen LogP contribution in [0, 0.1) is 12.3 Å². The fourth-order valence-corrected chi connectivity index (χ4v) is 1.31. The van der Waals surface area contributed by atoms with Crippen molar-refractivity contribution in [1.29, 1.82) is 0 Å². The maximum Gasteiger partial charge on any atom is 0.224 e. The Hall–Kier alpha value is -2.15. The van der Waals surface area contributed by atoms with Crippen LogP contribution in [0.4, 0.5) is 5.69 Å². The number of anilines is 1. The van der Waals surface area contributed by atoms with Gasteiger partial charge in [-0.1, -0.05) is 12.0 Å². The van der Waals surface area contributed by atoms with Crippen molar-refractivity contribution in [2.45, 2.75) is 25.8 Å². The van der Waals surface area contributed by atoms with Crippen LogP contribution >= 0.6 is 0 Å². The second-order valence-corrected chi connectivity index (χ2v) is 4.49. The summed E-state index contributed by atoms with van der Waals surface area (Å²) in [6.45, 7) is 3.82. The van der Waals surface area contributed by atoms with Crippen LogP contribution < -0.4 is 15.8 Å². The lowest BCUT2D eigenvalue weighted by molar-refractivity contribution is -0.122. The zero-order chi connectivity index (χ0) is 13.6. The first-order valence-corrected chi connectivity index (χ1v) is 5.70. The molecule has 96 valence electrons. The first kappa shape index (κ1) is 13.9. The number of nitrogen functional groups attached to an aromatic ring is 1. The number of nitrogens with one attached hydrogen (secondary N) is 1. The van der Waals surface area contributed by atoms with Gasteiger partial charge in [0.2, 0.25) is 5.91 Å². The van der Waals surface area contributed by atoms with Crippen molar-refractivity contribution in [3.05, 3.63) is 24.3 Å². The molecule has 0 aromatic heterocycles. The van der Waals surface area contributed by atoms with E-state index in [1.165, 1.54) is 0 Å². The van der Waals surface area contributed by atoms with Crippen molar-refractivity contribution in [2.24, 2.45) is 0 Å². The van der Waals surface area contributed by atoms with Crippen LogP contribution in [0.15, 0.2) is 24.3 Å². The van der Waals surface area contributed by atoms with Crippen LogP contribution in [0.1, 0.15) is 20.3 Å². The normalized spacial score (nSPS) is 10.5. The minimum atomic E-state index is -0.631. The van der Waals surface area contributed by atoms with Crippen molar-refractivity contribution >= 4 is 11.6 Å². The summed E-state index contributed by atoms with van der Waals surface area (Å²) < 4.78 is 5.41. The molecule has 1 aromatic rings. The standard InChI is InChI=1S/C14H18N2O2/c1-4-14(2,3)16-13(17)8-9-18-12-7-5-6-11(15)10-12/h1,5-7,10H,8-9,15H2,2-3H3,(H,16,17). The molecule has 18 heavy (non-hydrogen) atoms. The smallest absolute Gasteiger partial charge is 0.224 e. The summed E-state index contributed by atoms with van der Waals surface area (Å²) >= 11 is 0. The van der Waals surface area contributed by atoms with Crippen LogP contribution in [-0.2, 0) is 4.79 Å². The molecule has 0 radical (unpaired) electrons. The summed E-state index contributed by atoms with van der Waals surface area (Å²) in [5, 5.41) is 2.72. The van der Waals surface area contributed by atoms with Gasteiger partial charge in [-0.05, 0) is 26.0 Å². The van der Waals surface area contributed by atoms with Crippen LogP contribution in [0.25, 0.3) is 0 Å². The number of carbonyl (C=O) groups excluding carboxylic acids is 1. The van der Waals surface area contributed by atoms with Crippen molar-refractivity contribution in [3.8, 4) is 18.1 Å². The molecule has 0 saturated carbocycles. The number of benzene rings is 1. The maximum absolute atomic E-state index is 11.6. The molecule has 3 N–H and O–H groups in total. The molecule has 0 bridgehead atoms. The Labute approximate surface area is 108 Å². The van der Waals surface area contributed by atoms with Gasteiger partial charge < -0.3 is 15.8 Å². The average Bonchev–Trinajstić information content (AvgIpc) is 2.28. The summed E-state index contributed by atoms with van der Waals surface area (Å²) in [6, 6.07) is 7.07. The van der Waals surface area contributed by atoms with E-state index in [0.29, 0.717) is 11.4 Å². The highest BCUT2D eigenvalue weighted by atomic mass is 16.5. The Kier molecular flexibility index (Phi) is 4.61. The second kappa shape index (κ2) is 5.97. The number of carbonyl (C=O) groups is 1. The number of rotatable bonds is 5. The van der Waals surface area contributed by atoms with Gasteiger partial charge in [0.1, 0.15) is 5.75 Å². The van der Waals surface area contributed by atoms with E-state index in [9.17, 15) is 4.79 Å². The van der Waals surface area contributed by atoms with E-state index in [4.69, 9.17) is 16.9 Å². The van der Waals surface area contributed by atoms with Crippen LogP contribution in [0.5, 0.6) is 5.75 Å². The van der Waals surface area contributed by atoms with E-state index in [-0.39, 0.29) is 18.9 Å². The predicted molar refractivity (Wildman–Crippen MR) is 72.0 cm³/mol. The topological polar surface area (TPSA) is 64.3 Å². The third-order valence-corrected chi connectivity index (χ3v) is 2.27. The summed E-state index contributed by atoms with van der Waals surface area (Å²) in [5.41, 5.74) is 5.61. The van der Waals surface area contributed by atoms with E-state index in [1.54, 1.807) is 38.1 Å². The van der Waals surface area contributed by atoms with Gasteiger partial charge in [0.15, 0.2) is 0 Å². The SMILES string of the molecule is C#CC(C)(C)NC(=O)CCOc1cccc(N)c1. The molecule has 0 saturated heterocycles.